The lowest BCUT2D eigenvalue weighted by Crippen LogP contribution is -2.37. The molecule has 0 spiro atoms. The molecule has 0 radical (unpaired) electrons. The van der Waals surface area contributed by atoms with Crippen LogP contribution >= 0.6 is 23.2 Å². The van der Waals surface area contributed by atoms with Crippen LogP contribution in [0.1, 0.15) is 11.1 Å². The minimum atomic E-state index is -4.52. The molecule has 0 unspecified atom stereocenters. The van der Waals surface area contributed by atoms with E-state index in [1.165, 1.54) is 6.07 Å². The summed E-state index contributed by atoms with van der Waals surface area (Å²) in [5.74, 6) is -0.510. The molecule has 0 atom stereocenters. The molecule has 0 aromatic heterocycles. The van der Waals surface area contributed by atoms with Gasteiger partial charge in [0.1, 0.15) is 0 Å². The van der Waals surface area contributed by atoms with Gasteiger partial charge in [-0.25, -0.2) is 0 Å². The Kier molecular flexibility index (Phi) is 6.37. The first-order chi connectivity index (χ1) is 13.3. The van der Waals surface area contributed by atoms with E-state index in [0.717, 1.165) is 12.1 Å². The van der Waals surface area contributed by atoms with E-state index >= 15 is 0 Å². The third kappa shape index (κ3) is 4.90. The summed E-state index contributed by atoms with van der Waals surface area (Å²) in [6, 6.07) is 8.16. The topological polar surface area (TPSA) is 41.6 Å². The first-order valence-corrected chi connectivity index (χ1v) is 9.28. The number of nitrogens with zero attached hydrogens (tertiary/aromatic N) is 1. The summed E-state index contributed by atoms with van der Waals surface area (Å²) in [5, 5.41) is 3.22. The number of carbonyl (C=O) groups excluding carboxylic acids is 1. The number of nitrogens with one attached hydrogen (secondary N) is 1. The van der Waals surface area contributed by atoms with Gasteiger partial charge in [-0.3, -0.25) is 4.79 Å². The van der Waals surface area contributed by atoms with Crippen molar-refractivity contribution in [2.24, 2.45) is 0 Å². The molecule has 3 rings (SSSR count). The molecule has 1 N–H and O–H groups in total. The SMILES string of the molecule is O=C(Cc1c(Cl)cccc1Cl)Nc1cc(C(F)(F)F)ccc1N1CCOCC1. The molecule has 2 aromatic rings. The van der Waals surface area contributed by atoms with Crippen LogP contribution in [-0.4, -0.2) is 32.2 Å². The van der Waals surface area contributed by atoms with Crippen LogP contribution in [-0.2, 0) is 22.1 Å². The highest BCUT2D eigenvalue weighted by molar-refractivity contribution is 6.36. The van der Waals surface area contributed by atoms with Gasteiger partial charge in [0, 0.05) is 23.1 Å². The van der Waals surface area contributed by atoms with Crippen LogP contribution in [0.4, 0.5) is 24.5 Å². The van der Waals surface area contributed by atoms with Gasteiger partial charge in [0.2, 0.25) is 5.91 Å². The number of benzene rings is 2. The van der Waals surface area contributed by atoms with Crippen LogP contribution in [0.25, 0.3) is 0 Å². The summed E-state index contributed by atoms with van der Waals surface area (Å²) in [6.07, 6.45) is -4.67. The van der Waals surface area contributed by atoms with Crippen LogP contribution < -0.4 is 10.2 Å². The molecule has 0 saturated carbocycles. The average Bonchev–Trinajstić information content (AvgIpc) is 2.65. The Morgan fingerprint density at radius 3 is 2.36 bits per heavy atom. The van der Waals surface area contributed by atoms with Crippen molar-refractivity contribution in [3.05, 3.63) is 57.6 Å². The van der Waals surface area contributed by atoms with Crippen LogP contribution in [0.15, 0.2) is 36.4 Å². The third-order valence-corrected chi connectivity index (χ3v) is 5.06. The molecule has 1 heterocycles. The fourth-order valence-corrected chi connectivity index (χ4v) is 3.48. The fraction of sp³-hybridized carbons (Fsp3) is 0.316. The highest BCUT2D eigenvalue weighted by Gasteiger charge is 2.32. The summed E-state index contributed by atoms with van der Waals surface area (Å²) in [6.45, 7) is 1.96. The summed E-state index contributed by atoms with van der Waals surface area (Å²) < 4.78 is 44.7. The van der Waals surface area contributed by atoms with Crippen LogP contribution in [0.2, 0.25) is 10.0 Å². The lowest BCUT2D eigenvalue weighted by atomic mass is 10.1. The summed E-state index contributed by atoms with van der Waals surface area (Å²) in [4.78, 5) is 14.4. The van der Waals surface area contributed by atoms with Crippen LogP contribution in [0.5, 0.6) is 0 Å². The number of anilines is 2. The Morgan fingerprint density at radius 2 is 1.75 bits per heavy atom. The number of morpholine rings is 1. The minimum absolute atomic E-state index is 0.0879. The minimum Gasteiger partial charge on any atom is -0.378 e. The highest BCUT2D eigenvalue weighted by atomic mass is 35.5. The van der Waals surface area contributed by atoms with Crippen molar-refractivity contribution in [2.45, 2.75) is 12.6 Å². The van der Waals surface area contributed by atoms with E-state index in [-0.39, 0.29) is 12.1 Å². The number of rotatable bonds is 4. The van der Waals surface area contributed by atoms with E-state index in [1.807, 2.05) is 4.90 Å². The highest BCUT2D eigenvalue weighted by Crippen LogP contribution is 2.36. The van der Waals surface area contributed by atoms with Crippen molar-refractivity contribution in [2.75, 3.05) is 36.5 Å². The van der Waals surface area contributed by atoms with E-state index in [9.17, 15) is 18.0 Å². The fourth-order valence-electron chi connectivity index (χ4n) is 2.95. The maximum atomic E-state index is 13.2. The summed E-state index contributed by atoms with van der Waals surface area (Å²) >= 11 is 12.2. The van der Waals surface area contributed by atoms with Gasteiger partial charge in [0.15, 0.2) is 0 Å². The first kappa shape index (κ1) is 20.8. The standard InChI is InChI=1S/C19H17Cl2F3N2O2/c20-14-2-1-3-15(21)13(14)11-18(27)25-16-10-12(19(22,23)24)4-5-17(16)26-6-8-28-9-7-26/h1-5,10H,6-9,11H2,(H,25,27). The summed E-state index contributed by atoms with van der Waals surface area (Å²) in [5.41, 5.74) is 0.179. The predicted octanol–water partition coefficient (Wildman–Crippen LogP) is 5.03. The van der Waals surface area contributed by atoms with Gasteiger partial charge < -0.3 is 15.0 Å². The summed E-state index contributed by atoms with van der Waals surface area (Å²) in [7, 11) is 0. The monoisotopic (exact) mass is 432 g/mol. The molecule has 1 aliphatic heterocycles. The van der Waals surface area contributed by atoms with Gasteiger partial charge in [-0.2, -0.15) is 13.2 Å². The van der Waals surface area contributed by atoms with Crippen molar-refractivity contribution in [3.63, 3.8) is 0 Å². The average molecular weight is 433 g/mol. The van der Waals surface area contributed by atoms with E-state index in [0.29, 0.717) is 47.6 Å². The van der Waals surface area contributed by atoms with E-state index in [4.69, 9.17) is 27.9 Å². The van der Waals surface area contributed by atoms with Gasteiger partial charge >= 0.3 is 6.18 Å². The number of halogens is 5. The molecule has 9 heteroatoms. The number of amides is 1. The Balaban J connectivity index is 1.88. The van der Waals surface area contributed by atoms with Crippen LogP contribution in [0, 0.1) is 0 Å². The van der Waals surface area contributed by atoms with Crippen molar-refractivity contribution < 1.29 is 22.7 Å². The van der Waals surface area contributed by atoms with Crippen molar-refractivity contribution in [1.29, 1.82) is 0 Å². The molecule has 2 aromatic carbocycles. The zero-order valence-electron chi connectivity index (χ0n) is 14.7. The Labute approximate surface area is 170 Å². The molecule has 150 valence electrons. The number of carbonyl (C=O) groups is 1. The van der Waals surface area contributed by atoms with Gasteiger partial charge in [0.05, 0.1) is 36.6 Å². The molecule has 28 heavy (non-hydrogen) atoms. The molecule has 1 aliphatic rings. The van der Waals surface area contributed by atoms with Gasteiger partial charge in [-0.15, -0.1) is 0 Å². The zero-order chi connectivity index (χ0) is 20.3. The molecule has 4 nitrogen and oxygen atoms in total. The normalized spacial score (nSPS) is 14.8. The molecular formula is C19H17Cl2F3N2O2. The Hall–Kier alpha value is -1.96. The third-order valence-electron chi connectivity index (χ3n) is 4.35. The molecule has 0 bridgehead atoms. The smallest absolute Gasteiger partial charge is 0.378 e. The van der Waals surface area contributed by atoms with E-state index in [1.54, 1.807) is 18.2 Å². The van der Waals surface area contributed by atoms with Gasteiger partial charge in [-0.1, -0.05) is 29.3 Å². The second kappa shape index (κ2) is 8.59. The second-order valence-corrected chi connectivity index (χ2v) is 7.07. The second-order valence-electron chi connectivity index (χ2n) is 6.25. The van der Waals surface area contributed by atoms with Crippen molar-refractivity contribution in [3.8, 4) is 0 Å². The zero-order valence-corrected chi connectivity index (χ0v) is 16.2. The van der Waals surface area contributed by atoms with Crippen LogP contribution in [0.3, 0.4) is 0 Å². The molecule has 1 fully saturated rings. The van der Waals surface area contributed by atoms with E-state index in [2.05, 4.69) is 5.32 Å². The van der Waals surface area contributed by atoms with Gasteiger partial charge in [0.25, 0.3) is 0 Å². The lowest BCUT2D eigenvalue weighted by Gasteiger charge is -2.31. The molecular weight excluding hydrogens is 416 g/mol. The van der Waals surface area contributed by atoms with E-state index < -0.39 is 17.6 Å². The predicted molar refractivity (Wildman–Crippen MR) is 103 cm³/mol. The number of hydrogen-bond acceptors (Lipinski definition) is 3. The molecule has 1 saturated heterocycles. The number of alkyl halides is 3. The Bertz CT molecular complexity index is 848. The maximum absolute atomic E-state index is 13.2. The first-order valence-electron chi connectivity index (χ1n) is 8.52. The van der Waals surface area contributed by atoms with Crippen molar-refractivity contribution >= 4 is 40.5 Å². The van der Waals surface area contributed by atoms with Crippen molar-refractivity contribution in [1.82, 2.24) is 0 Å². The number of ether oxygens (including phenoxy) is 1. The quantitative estimate of drug-likeness (QED) is 0.736. The number of hydrogen-bond donors (Lipinski definition) is 1. The largest absolute Gasteiger partial charge is 0.416 e. The lowest BCUT2D eigenvalue weighted by molar-refractivity contribution is -0.137. The molecule has 1 amide bonds. The Morgan fingerprint density at radius 1 is 1.11 bits per heavy atom. The molecule has 0 aliphatic carbocycles. The van der Waals surface area contributed by atoms with Gasteiger partial charge in [-0.05, 0) is 35.9 Å². The maximum Gasteiger partial charge on any atom is 0.416 e.